The van der Waals surface area contributed by atoms with Crippen LogP contribution in [0.1, 0.15) is 18.4 Å². The molecule has 0 saturated carbocycles. The van der Waals surface area contributed by atoms with Gasteiger partial charge < -0.3 is 4.90 Å². The normalized spacial score (nSPS) is 16.3. The lowest BCUT2D eigenvalue weighted by atomic mass is 10.3. The summed E-state index contributed by atoms with van der Waals surface area (Å²) in [5.74, 6) is 1.57. The topological polar surface area (TPSA) is 16.1 Å². The maximum atomic E-state index is 5.74. The number of nitrogens with zero attached hydrogens (tertiary/aromatic N) is 2. The van der Waals surface area contributed by atoms with Crippen molar-refractivity contribution in [3.63, 3.8) is 0 Å². The van der Waals surface area contributed by atoms with E-state index in [-0.39, 0.29) is 0 Å². The van der Waals surface area contributed by atoms with Gasteiger partial charge in [-0.25, -0.2) is 4.98 Å². The minimum absolute atomic E-state index is 0.520. The summed E-state index contributed by atoms with van der Waals surface area (Å²) in [4.78, 5) is 6.73. The molecule has 1 aromatic heterocycles. The monoisotopic (exact) mass is 274 g/mol. The average molecular weight is 276 g/mol. The summed E-state index contributed by atoms with van der Waals surface area (Å²) in [7, 11) is 0. The first-order chi connectivity index (χ1) is 6.81. The minimum atomic E-state index is 0.520. The van der Waals surface area contributed by atoms with Gasteiger partial charge in [0.15, 0.2) is 0 Å². The second-order valence-electron chi connectivity index (χ2n) is 3.48. The predicted molar refractivity (Wildman–Crippen MR) is 62.9 cm³/mol. The van der Waals surface area contributed by atoms with E-state index in [0.29, 0.717) is 5.88 Å². The molecule has 76 valence electrons. The van der Waals surface area contributed by atoms with Crippen LogP contribution in [0.4, 0.5) is 5.82 Å². The van der Waals surface area contributed by atoms with Crippen LogP contribution in [0.2, 0.25) is 0 Å². The van der Waals surface area contributed by atoms with E-state index < -0.39 is 0 Å². The molecule has 1 aliphatic heterocycles. The summed E-state index contributed by atoms with van der Waals surface area (Å²) in [5, 5.41) is 0. The molecule has 1 saturated heterocycles. The van der Waals surface area contributed by atoms with Gasteiger partial charge in [0.2, 0.25) is 0 Å². The van der Waals surface area contributed by atoms with Gasteiger partial charge in [-0.1, -0.05) is 0 Å². The molecule has 4 heteroatoms. The molecule has 0 N–H and O–H groups in total. The molecule has 0 atom stereocenters. The van der Waals surface area contributed by atoms with E-state index in [1.807, 2.05) is 12.3 Å². The molecule has 0 aromatic carbocycles. The predicted octanol–water partition coefficient (Wildman–Crippen LogP) is 3.18. The highest BCUT2D eigenvalue weighted by atomic mass is 79.9. The van der Waals surface area contributed by atoms with Crippen LogP contribution in [0.25, 0.3) is 0 Å². The summed E-state index contributed by atoms with van der Waals surface area (Å²) in [6.07, 6.45) is 4.39. The molecule has 1 aliphatic rings. The van der Waals surface area contributed by atoms with Crippen molar-refractivity contribution in [2.75, 3.05) is 18.0 Å². The zero-order valence-corrected chi connectivity index (χ0v) is 10.2. The van der Waals surface area contributed by atoms with Gasteiger partial charge in [-0.3, -0.25) is 0 Å². The van der Waals surface area contributed by atoms with Crippen LogP contribution >= 0.6 is 27.5 Å². The summed E-state index contributed by atoms with van der Waals surface area (Å²) in [6, 6.07) is 2.05. The third-order valence-electron chi connectivity index (χ3n) is 2.44. The van der Waals surface area contributed by atoms with Crippen molar-refractivity contribution >= 4 is 33.3 Å². The molecule has 2 rings (SSSR count). The van der Waals surface area contributed by atoms with Crippen molar-refractivity contribution in [2.24, 2.45) is 0 Å². The fourth-order valence-electron chi connectivity index (χ4n) is 1.71. The zero-order valence-electron chi connectivity index (χ0n) is 7.84. The van der Waals surface area contributed by atoms with Gasteiger partial charge in [0.1, 0.15) is 5.82 Å². The van der Waals surface area contributed by atoms with E-state index in [1.54, 1.807) is 0 Å². The Bertz CT molecular complexity index is 324. The molecular formula is C10H12BrClN2. The fraction of sp³-hybridized carbons (Fsp3) is 0.500. The molecule has 0 unspecified atom stereocenters. The van der Waals surface area contributed by atoms with Crippen LogP contribution in [0.15, 0.2) is 16.7 Å². The Labute approximate surface area is 97.4 Å². The smallest absolute Gasteiger partial charge is 0.142 e. The summed E-state index contributed by atoms with van der Waals surface area (Å²) in [6.45, 7) is 2.23. The Kier molecular flexibility index (Phi) is 3.29. The highest BCUT2D eigenvalue weighted by molar-refractivity contribution is 9.10. The number of anilines is 1. The van der Waals surface area contributed by atoms with Crippen LogP contribution in [0, 0.1) is 0 Å². The molecule has 2 nitrogen and oxygen atoms in total. The van der Waals surface area contributed by atoms with Gasteiger partial charge in [-0.2, -0.15) is 0 Å². The van der Waals surface area contributed by atoms with Crippen LogP contribution < -0.4 is 4.90 Å². The Morgan fingerprint density at radius 3 is 2.71 bits per heavy atom. The molecule has 1 fully saturated rings. The SMILES string of the molecule is ClCc1cnc(N2CCCC2)c(Br)c1. The van der Waals surface area contributed by atoms with Crippen LogP contribution in [-0.4, -0.2) is 18.1 Å². The standard InChI is InChI=1S/C10H12BrClN2/c11-9-5-8(6-12)7-13-10(9)14-3-1-2-4-14/h5,7H,1-4,6H2. The Hall–Kier alpha value is -0.280. The van der Waals surface area contributed by atoms with Crippen molar-refractivity contribution < 1.29 is 0 Å². The number of pyridine rings is 1. The number of hydrogen-bond donors (Lipinski definition) is 0. The zero-order chi connectivity index (χ0) is 9.97. The van der Waals surface area contributed by atoms with Gasteiger partial charge in [0.05, 0.1) is 4.47 Å². The van der Waals surface area contributed by atoms with Crippen molar-refractivity contribution in [3.05, 3.63) is 22.3 Å². The number of hydrogen-bond acceptors (Lipinski definition) is 2. The molecular weight excluding hydrogens is 263 g/mol. The lowest BCUT2D eigenvalue weighted by Crippen LogP contribution is -2.19. The highest BCUT2D eigenvalue weighted by Crippen LogP contribution is 2.27. The van der Waals surface area contributed by atoms with Gasteiger partial charge in [0.25, 0.3) is 0 Å². The van der Waals surface area contributed by atoms with E-state index in [1.165, 1.54) is 12.8 Å². The average Bonchev–Trinajstić information content (AvgIpc) is 2.70. The first-order valence-electron chi connectivity index (χ1n) is 4.76. The van der Waals surface area contributed by atoms with Crippen LogP contribution in [0.5, 0.6) is 0 Å². The third kappa shape index (κ3) is 2.04. The number of rotatable bonds is 2. The fourth-order valence-corrected chi connectivity index (χ4v) is 2.50. The summed E-state index contributed by atoms with van der Waals surface area (Å²) < 4.78 is 1.05. The van der Waals surface area contributed by atoms with E-state index >= 15 is 0 Å². The quantitative estimate of drug-likeness (QED) is 0.771. The van der Waals surface area contributed by atoms with Gasteiger partial charge in [-0.15, -0.1) is 11.6 Å². The van der Waals surface area contributed by atoms with Gasteiger partial charge in [-0.05, 0) is 40.4 Å². The van der Waals surface area contributed by atoms with Crippen molar-refractivity contribution in [2.45, 2.75) is 18.7 Å². The van der Waals surface area contributed by atoms with Crippen molar-refractivity contribution in [3.8, 4) is 0 Å². The van der Waals surface area contributed by atoms with E-state index in [9.17, 15) is 0 Å². The first-order valence-corrected chi connectivity index (χ1v) is 6.09. The molecule has 1 aromatic rings. The first kappa shape index (κ1) is 10.2. The Morgan fingerprint density at radius 1 is 1.43 bits per heavy atom. The maximum Gasteiger partial charge on any atom is 0.142 e. The Balaban J connectivity index is 2.25. The maximum absolute atomic E-state index is 5.74. The van der Waals surface area contributed by atoms with E-state index in [0.717, 1.165) is 28.9 Å². The second-order valence-corrected chi connectivity index (χ2v) is 4.60. The van der Waals surface area contributed by atoms with Crippen molar-refractivity contribution in [1.82, 2.24) is 4.98 Å². The van der Waals surface area contributed by atoms with Crippen molar-refractivity contribution in [1.29, 1.82) is 0 Å². The molecule has 0 aliphatic carbocycles. The van der Waals surface area contributed by atoms with E-state index in [4.69, 9.17) is 11.6 Å². The van der Waals surface area contributed by atoms with Crippen LogP contribution in [0.3, 0.4) is 0 Å². The molecule has 0 bridgehead atoms. The summed E-state index contributed by atoms with van der Waals surface area (Å²) in [5.41, 5.74) is 1.06. The molecule has 14 heavy (non-hydrogen) atoms. The minimum Gasteiger partial charge on any atom is -0.356 e. The number of aromatic nitrogens is 1. The summed E-state index contributed by atoms with van der Waals surface area (Å²) >= 11 is 9.27. The molecule has 0 amide bonds. The highest BCUT2D eigenvalue weighted by Gasteiger charge is 2.16. The number of alkyl halides is 1. The van der Waals surface area contributed by atoms with Crippen LogP contribution in [-0.2, 0) is 5.88 Å². The lowest BCUT2D eigenvalue weighted by Gasteiger charge is -2.17. The third-order valence-corrected chi connectivity index (χ3v) is 3.33. The van der Waals surface area contributed by atoms with E-state index in [2.05, 4.69) is 25.8 Å². The number of halogens is 2. The molecule has 0 radical (unpaired) electrons. The van der Waals surface area contributed by atoms with Gasteiger partial charge >= 0.3 is 0 Å². The second kappa shape index (κ2) is 4.49. The lowest BCUT2D eigenvalue weighted by molar-refractivity contribution is 0.929. The molecule has 0 spiro atoms. The Morgan fingerprint density at radius 2 is 2.14 bits per heavy atom. The van der Waals surface area contributed by atoms with Gasteiger partial charge in [0, 0.05) is 25.2 Å². The largest absolute Gasteiger partial charge is 0.356 e. The molecule has 2 heterocycles.